The van der Waals surface area contributed by atoms with E-state index in [1.165, 1.54) is 5.56 Å². The van der Waals surface area contributed by atoms with Crippen molar-refractivity contribution in [2.24, 2.45) is 11.7 Å². The molecule has 1 aromatic carbocycles. The smallest absolute Gasteiger partial charge is 0.231 e. The van der Waals surface area contributed by atoms with E-state index in [9.17, 15) is 4.79 Å². The molecule has 1 aliphatic carbocycles. The van der Waals surface area contributed by atoms with Gasteiger partial charge in [-0.1, -0.05) is 31.2 Å². The first-order valence-electron chi connectivity index (χ1n) is 6.02. The van der Waals surface area contributed by atoms with E-state index in [0.29, 0.717) is 6.42 Å². The van der Waals surface area contributed by atoms with E-state index in [4.69, 9.17) is 5.73 Å². The minimum Gasteiger partial charge on any atom is -0.326 e. The molecular formula is C14H18N2O. The van der Waals surface area contributed by atoms with Gasteiger partial charge >= 0.3 is 0 Å². The first-order chi connectivity index (χ1) is 8.19. The van der Waals surface area contributed by atoms with Crippen molar-refractivity contribution in [1.82, 2.24) is 0 Å². The number of hydrogen-bond donors (Lipinski definition) is 2. The lowest BCUT2D eigenvalue weighted by molar-refractivity contribution is -0.118. The number of aryl methyl sites for hydroxylation is 1. The Kier molecular flexibility index (Phi) is 3.59. The summed E-state index contributed by atoms with van der Waals surface area (Å²) in [7, 11) is 0. The molecule has 0 heterocycles. The van der Waals surface area contributed by atoms with Crippen LogP contribution in [0, 0.1) is 5.92 Å². The second-order valence-corrected chi connectivity index (χ2v) is 4.43. The average Bonchev–Trinajstić information content (AvgIpc) is 2.76. The molecule has 0 bridgehead atoms. The van der Waals surface area contributed by atoms with Crippen LogP contribution in [0.2, 0.25) is 0 Å². The minimum atomic E-state index is -0.0877. The van der Waals surface area contributed by atoms with Crippen molar-refractivity contribution in [3.05, 3.63) is 42.0 Å². The summed E-state index contributed by atoms with van der Waals surface area (Å²) < 4.78 is 0. The lowest BCUT2D eigenvalue weighted by Gasteiger charge is -2.11. The van der Waals surface area contributed by atoms with Gasteiger partial charge in [0, 0.05) is 11.7 Å². The lowest BCUT2D eigenvalue weighted by Crippen LogP contribution is -2.24. The quantitative estimate of drug-likeness (QED) is 0.781. The number of nitrogens with two attached hydrogens (primary N) is 1. The zero-order valence-electron chi connectivity index (χ0n) is 10.0. The first-order valence-corrected chi connectivity index (χ1v) is 6.02. The molecule has 0 saturated carbocycles. The summed E-state index contributed by atoms with van der Waals surface area (Å²) in [6, 6.07) is 7.96. The van der Waals surface area contributed by atoms with Gasteiger partial charge in [-0.05, 0) is 30.5 Å². The van der Waals surface area contributed by atoms with Crippen LogP contribution >= 0.6 is 0 Å². The first kappa shape index (κ1) is 11.9. The van der Waals surface area contributed by atoms with Crippen LogP contribution in [-0.4, -0.2) is 11.9 Å². The van der Waals surface area contributed by atoms with Crippen LogP contribution in [0.25, 0.3) is 0 Å². The number of anilines is 1. The fourth-order valence-corrected chi connectivity index (χ4v) is 2.03. The highest BCUT2D eigenvalue weighted by Crippen LogP contribution is 2.19. The van der Waals surface area contributed by atoms with E-state index < -0.39 is 0 Å². The van der Waals surface area contributed by atoms with Gasteiger partial charge in [-0.15, -0.1) is 0 Å². The summed E-state index contributed by atoms with van der Waals surface area (Å²) in [4.78, 5) is 11.9. The van der Waals surface area contributed by atoms with Gasteiger partial charge in [-0.2, -0.15) is 0 Å². The molecule has 0 aliphatic heterocycles. The fraction of sp³-hybridized carbons (Fsp3) is 0.357. The maximum atomic E-state index is 11.9. The molecule has 3 N–H and O–H groups in total. The Balaban J connectivity index is 2.00. The molecule has 1 aromatic rings. The Labute approximate surface area is 102 Å². The number of rotatable bonds is 3. The second kappa shape index (κ2) is 5.15. The number of benzene rings is 1. The molecule has 0 spiro atoms. The average molecular weight is 230 g/mol. The molecule has 1 amide bonds. The molecule has 90 valence electrons. The summed E-state index contributed by atoms with van der Waals surface area (Å²) in [6.45, 7) is 2.10. The third-order valence-corrected chi connectivity index (χ3v) is 3.06. The van der Waals surface area contributed by atoms with Gasteiger partial charge in [-0.3, -0.25) is 4.79 Å². The summed E-state index contributed by atoms with van der Waals surface area (Å²) >= 11 is 0. The summed E-state index contributed by atoms with van der Waals surface area (Å²) in [5.41, 5.74) is 7.82. The van der Waals surface area contributed by atoms with Gasteiger partial charge in [0.15, 0.2) is 0 Å². The van der Waals surface area contributed by atoms with Gasteiger partial charge in [0.1, 0.15) is 0 Å². The van der Waals surface area contributed by atoms with Crippen molar-refractivity contribution in [2.75, 3.05) is 5.32 Å². The maximum absolute atomic E-state index is 11.9. The predicted octanol–water partition coefficient (Wildman–Crippen LogP) is 2.09. The Bertz CT molecular complexity index is 440. The monoisotopic (exact) mass is 230 g/mol. The Morgan fingerprint density at radius 2 is 2.29 bits per heavy atom. The summed E-state index contributed by atoms with van der Waals surface area (Å²) in [5, 5.41) is 2.93. The van der Waals surface area contributed by atoms with Crippen LogP contribution in [0.1, 0.15) is 18.9 Å². The van der Waals surface area contributed by atoms with Gasteiger partial charge in [0.2, 0.25) is 5.91 Å². The maximum Gasteiger partial charge on any atom is 0.231 e. The molecule has 3 nitrogen and oxygen atoms in total. The minimum absolute atomic E-state index is 0.0210. The van der Waals surface area contributed by atoms with Crippen LogP contribution in [0.4, 0.5) is 5.69 Å². The van der Waals surface area contributed by atoms with Gasteiger partial charge in [0.05, 0.1) is 5.92 Å². The van der Waals surface area contributed by atoms with Gasteiger partial charge in [0.25, 0.3) is 0 Å². The van der Waals surface area contributed by atoms with E-state index in [1.807, 2.05) is 30.4 Å². The molecule has 0 fully saturated rings. The topological polar surface area (TPSA) is 55.1 Å². The van der Waals surface area contributed by atoms with Crippen LogP contribution in [-0.2, 0) is 11.2 Å². The van der Waals surface area contributed by atoms with Crippen LogP contribution in [0.3, 0.4) is 0 Å². The number of carbonyl (C=O) groups excluding carboxylic acids is 1. The van der Waals surface area contributed by atoms with Crippen molar-refractivity contribution in [3.63, 3.8) is 0 Å². The molecule has 3 heteroatoms. The Morgan fingerprint density at radius 1 is 1.47 bits per heavy atom. The number of carbonyl (C=O) groups is 1. The molecule has 0 radical (unpaired) electrons. The predicted molar refractivity (Wildman–Crippen MR) is 69.7 cm³/mol. The van der Waals surface area contributed by atoms with Crippen LogP contribution < -0.4 is 11.1 Å². The van der Waals surface area contributed by atoms with Crippen molar-refractivity contribution in [2.45, 2.75) is 25.8 Å². The largest absolute Gasteiger partial charge is 0.326 e. The van der Waals surface area contributed by atoms with Crippen molar-refractivity contribution >= 4 is 11.6 Å². The third kappa shape index (κ3) is 2.94. The molecule has 0 aromatic heterocycles. The third-order valence-electron chi connectivity index (χ3n) is 3.06. The van der Waals surface area contributed by atoms with Crippen LogP contribution in [0.15, 0.2) is 36.4 Å². The van der Waals surface area contributed by atoms with Crippen molar-refractivity contribution in [3.8, 4) is 0 Å². The Hall–Kier alpha value is -1.61. The van der Waals surface area contributed by atoms with E-state index in [1.54, 1.807) is 0 Å². The van der Waals surface area contributed by atoms with Crippen molar-refractivity contribution in [1.29, 1.82) is 0 Å². The molecule has 2 rings (SSSR count). The molecule has 1 aliphatic rings. The van der Waals surface area contributed by atoms with Gasteiger partial charge in [-0.25, -0.2) is 0 Å². The number of hydrogen-bond acceptors (Lipinski definition) is 2. The standard InChI is InChI=1S/C14H18N2O/c1-2-10-4-3-5-13(8-10)16-14(17)11-6-7-12(15)9-11/h3-8,11-12H,2,9,15H2,1H3,(H,16,17). The zero-order chi connectivity index (χ0) is 12.3. The molecule has 2 atom stereocenters. The van der Waals surface area contributed by atoms with Crippen molar-refractivity contribution < 1.29 is 4.79 Å². The summed E-state index contributed by atoms with van der Waals surface area (Å²) in [5.74, 6) is -0.0577. The second-order valence-electron chi connectivity index (χ2n) is 4.43. The highest BCUT2D eigenvalue weighted by molar-refractivity contribution is 5.94. The summed E-state index contributed by atoms with van der Waals surface area (Å²) in [6.07, 6.45) is 5.47. The van der Waals surface area contributed by atoms with Crippen LogP contribution in [0.5, 0.6) is 0 Å². The lowest BCUT2D eigenvalue weighted by atomic mass is 10.1. The highest BCUT2D eigenvalue weighted by atomic mass is 16.1. The fourth-order valence-electron chi connectivity index (χ4n) is 2.03. The number of amides is 1. The molecular weight excluding hydrogens is 212 g/mol. The van der Waals surface area contributed by atoms with E-state index >= 15 is 0 Å². The number of nitrogens with one attached hydrogen (secondary N) is 1. The Morgan fingerprint density at radius 3 is 2.94 bits per heavy atom. The highest BCUT2D eigenvalue weighted by Gasteiger charge is 2.22. The zero-order valence-corrected chi connectivity index (χ0v) is 10.0. The molecule has 17 heavy (non-hydrogen) atoms. The van der Waals surface area contributed by atoms with E-state index in [2.05, 4.69) is 18.3 Å². The SMILES string of the molecule is CCc1cccc(NC(=O)C2C=CC(N)C2)c1. The van der Waals surface area contributed by atoms with E-state index in [-0.39, 0.29) is 17.9 Å². The molecule has 2 unspecified atom stereocenters. The molecule has 0 saturated heterocycles. The van der Waals surface area contributed by atoms with Gasteiger partial charge < -0.3 is 11.1 Å². The normalized spacial score (nSPS) is 22.7. The van der Waals surface area contributed by atoms with E-state index in [0.717, 1.165) is 12.1 Å².